The van der Waals surface area contributed by atoms with Crippen molar-refractivity contribution >= 4 is 7.82 Å². The zero-order valence-corrected chi connectivity index (χ0v) is 13.6. The molecule has 1 aliphatic heterocycles. The number of aliphatic hydroxyl groups is 1. The molecule has 136 valence electrons. The Morgan fingerprint density at radius 1 is 1.46 bits per heavy atom. The van der Waals surface area contributed by atoms with E-state index in [-0.39, 0.29) is 6.42 Å². The highest BCUT2D eigenvalue weighted by atomic mass is 31.2. The van der Waals surface area contributed by atoms with E-state index in [0.717, 1.165) is 4.57 Å². The lowest BCUT2D eigenvalue weighted by Gasteiger charge is -2.17. The Kier molecular flexibility index (Phi) is 6.10. The number of phosphoric ester groups is 1. The van der Waals surface area contributed by atoms with Crippen molar-refractivity contribution in [3.63, 3.8) is 0 Å². The van der Waals surface area contributed by atoms with Gasteiger partial charge in [-0.3, -0.25) is 18.9 Å². The number of aryl methyl sites for hydroxylation is 1. The Morgan fingerprint density at radius 3 is 2.79 bits per heavy atom. The summed E-state index contributed by atoms with van der Waals surface area (Å²) in [5, 5.41) is 9.91. The van der Waals surface area contributed by atoms with Crippen molar-refractivity contribution in [3.05, 3.63) is 32.6 Å². The van der Waals surface area contributed by atoms with Crippen molar-refractivity contribution in [3.8, 4) is 0 Å². The SMILES string of the molecule is NCCCc1cn([C@H]2C[C@H](O)[C@@H](COP(=O)(O)O)O2)c(=O)[nH]c1=O. The molecule has 2 rings (SSSR count). The van der Waals surface area contributed by atoms with Crippen LogP contribution in [0.3, 0.4) is 0 Å². The van der Waals surface area contributed by atoms with Crippen LogP contribution >= 0.6 is 7.82 Å². The molecule has 0 spiro atoms. The zero-order valence-electron chi connectivity index (χ0n) is 12.7. The maximum atomic E-state index is 11.9. The van der Waals surface area contributed by atoms with Crippen molar-refractivity contribution in [2.24, 2.45) is 5.73 Å². The summed E-state index contributed by atoms with van der Waals surface area (Å²) in [4.78, 5) is 43.2. The summed E-state index contributed by atoms with van der Waals surface area (Å²) in [5.74, 6) is 0. The third-order valence-electron chi connectivity index (χ3n) is 3.61. The van der Waals surface area contributed by atoms with Crippen LogP contribution in [0, 0.1) is 0 Å². The van der Waals surface area contributed by atoms with Gasteiger partial charge in [0.15, 0.2) is 0 Å². The fourth-order valence-electron chi connectivity index (χ4n) is 2.42. The first-order valence-corrected chi connectivity index (χ1v) is 8.82. The Bertz CT molecular complexity index is 726. The molecule has 0 aromatic carbocycles. The normalized spacial score (nSPS) is 24.4. The first-order chi connectivity index (χ1) is 11.2. The van der Waals surface area contributed by atoms with E-state index in [1.807, 2.05) is 0 Å². The highest BCUT2D eigenvalue weighted by molar-refractivity contribution is 7.46. The van der Waals surface area contributed by atoms with Crippen molar-refractivity contribution in [1.82, 2.24) is 9.55 Å². The number of hydrogen-bond acceptors (Lipinski definition) is 7. The van der Waals surface area contributed by atoms with Gasteiger partial charge in [-0.2, -0.15) is 0 Å². The molecular formula is C12H20N3O8P. The number of rotatable bonds is 7. The highest BCUT2D eigenvalue weighted by Gasteiger charge is 2.37. The van der Waals surface area contributed by atoms with Crippen LogP contribution in [0.2, 0.25) is 0 Å². The highest BCUT2D eigenvalue weighted by Crippen LogP contribution is 2.38. The number of nitrogens with one attached hydrogen (secondary N) is 1. The summed E-state index contributed by atoms with van der Waals surface area (Å²) in [6.07, 6.45) is -0.661. The monoisotopic (exact) mass is 365 g/mol. The first kappa shape index (κ1) is 19.0. The average Bonchev–Trinajstić information content (AvgIpc) is 2.84. The van der Waals surface area contributed by atoms with Gasteiger partial charge in [-0.1, -0.05) is 0 Å². The molecule has 3 atom stereocenters. The maximum Gasteiger partial charge on any atom is 0.469 e. The quantitative estimate of drug-likeness (QED) is 0.348. The van der Waals surface area contributed by atoms with Gasteiger partial charge in [0.1, 0.15) is 12.3 Å². The van der Waals surface area contributed by atoms with Gasteiger partial charge in [0.05, 0.1) is 12.7 Å². The number of aromatic amines is 1. The molecule has 0 amide bonds. The van der Waals surface area contributed by atoms with Gasteiger partial charge >= 0.3 is 13.5 Å². The van der Waals surface area contributed by atoms with Crippen molar-refractivity contribution in [1.29, 1.82) is 0 Å². The van der Waals surface area contributed by atoms with Crippen LogP contribution in [0.25, 0.3) is 0 Å². The lowest BCUT2D eigenvalue weighted by Crippen LogP contribution is -2.34. The molecule has 0 bridgehead atoms. The number of H-pyrrole nitrogens is 1. The van der Waals surface area contributed by atoms with Gasteiger partial charge in [0.25, 0.3) is 5.56 Å². The van der Waals surface area contributed by atoms with Gasteiger partial charge in [0.2, 0.25) is 0 Å². The molecule has 0 radical (unpaired) electrons. The van der Waals surface area contributed by atoms with E-state index in [0.29, 0.717) is 24.9 Å². The molecule has 12 heteroatoms. The summed E-state index contributed by atoms with van der Waals surface area (Å²) in [5.41, 5.74) is 4.55. The van der Waals surface area contributed by atoms with Gasteiger partial charge in [-0.05, 0) is 19.4 Å². The van der Waals surface area contributed by atoms with E-state index in [4.69, 9.17) is 20.3 Å². The standard InChI is InChI=1S/C12H20N3O8P/c13-3-1-2-7-5-15(12(18)14-11(7)17)10-4-8(16)9(23-10)6-22-24(19,20)21/h5,8-10,16H,1-4,6,13H2,(H,14,17,18)(H2,19,20,21)/t8-,9+,10+/m0/s1. The third-order valence-corrected chi connectivity index (χ3v) is 4.10. The van der Waals surface area contributed by atoms with E-state index >= 15 is 0 Å². The Balaban J connectivity index is 2.16. The number of aromatic nitrogens is 2. The molecule has 0 aliphatic carbocycles. The molecule has 1 aromatic heterocycles. The van der Waals surface area contributed by atoms with Gasteiger partial charge in [-0.25, -0.2) is 9.36 Å². The van der Waals surface area contributed by atoms with E-state index in [2.05, 4.69) is 9.51 Å². The van der Waals surface area contributed by atoms with Gasteiger partial charge < -0.3 is 25.4 Å². The molecule has 1 aliphatic rings. The van der Waals surface area contributed by atoms with Crippen LogP contribution in [-0.2, 0) is 20.2 Å². The zero-order chi connectivity index (χ0) is 17.9. The fraction of sp³-hybridized carbons (Fsp3) is 0.667. The van der Waals surface area contributed by atoms with E-state index in [9.17, 15) is 19.3 Å². The lowest BCUT2D eigenvalue weighted by atomic mass is 10.1. The van der Waals surface area contributed by atoms with E-state index < -0.39 is 44.1 Å². The number of hydrogen-bond donors (Lipinski definition) is 5. The Labute approximate surface area is 136 Å². The molecule has 1 saturated heterocycles. The van der Waals surface area contributed by atoms with Crippen LogP contribution < -0.4 is 17.0 Å². The van der Waals surface area contributed by atoms with Crippen molar-refractivity contribution in [2.75, 3.05) is 13.2 Å². The third kappa shape index (κ3) is 4.84. The van der Waals surface area contributed by atoms with Crippen LogP contribution in [0.15, 0.2) is 15.8 Å². The fourth-order valence-corrected chi connectivity index (χ4v) is 2.76. The Morgan fingerprint density at radius 2 is 2.17 bits per heavy atom. The number of phosphoric acid groups is 1. The molecule has 2 heterocycles. The van der Waals surface area contributed by atoms with E-state index in [1.54, 1.807) is 0 Å². The molecule has 0 unspecified atom stereocenters. The van der Waals surface area contributed by atoms with Crippen LogP contribution in [0.5, 0.6) is 0 Å². The summed E-state index contributed by atoms with van der Waals surface area (Å²) < 4.78 is 21.6. The molecule has 1 fully saturated rings. The van der Waals surface area contributed by atoms with Crippen LogP contribution in [-0.4, -0.2) is 49.8 Å². The second kappa shape index (κ2) is 7.70. The first-order valence-electron chi connectivity index (χ1n) is 7.29. The smallest absolute Gasteiger partial charge is 0.390 e. The van der Waals surface area contributed by atoms with Crippen molar-refractivity contribution < 1.29 is 28.7 Å². The van der Waals surface area contributed by atoms with Crippen molar-refractivity contribution in [2.45, 2.75) is 37.7 Å². The number of nitrogens with two attached hydrogens (primary N) is 1. The number of nitrogens with zero attached hydrogens (tertiary/aromatic N) is 1. The molecule has 1 aromatic rings. The molecule has 0 saturated carbocycles. The number of ether oxygens (including phenoxy) is 1. The van der Waals surface area contributed by atoms with E-state index in [1.165, 1.54) is 6.20 Å². The van der Waals surface area contributed by atoms with Crippen LogP contribution in [0.1, 0.15) is 24.6 Å². The largest absolute Gasteiger partial charge is 0.469 e. The minimum Gasteiger partial charge on any atom is -0.390 e. The lowest BCUT2D eigenvalue weighted by molar-refractivity contribution is -0.0451. The maximum absolute atomic E-state index is 11.9. The predicted octanol–water partition coefficient (Wildman–Crippen LogP) is -1.81. The predicted molar refractivity (Wildman–Crippen MR) is 81.2 cm³/mol. The minimum absolute atomic E-state index is 0.0114. The van der Waals surface area contributed by atoms with Gasteiger partial charge in [-0.15, -0.1) is 0 Å². The Hall–Kier alpha value is -1.33. The minimum atomic E-state index is -4.69. The summed E-state index contributed by atoms with van der Waals surface area (Å²) in [7, 11) is -4.69. The summed E-state index contributed by atoms with van der Waals surface area (Å²) >= 11 is 0. The number of aliphatic hydroxyl groups excluding tert-OH is 1. The summed E-state index contributed by atoms with van der Waals surface area (Å²) in [6, 6.07) is 0. The molecule has 24 heavy (non-hydrogen) atoms. The van der Waals surface area contributed by atoms with Gasteiger partial charge in [0, 0.05) is 18.2 Å². The molecular weight excluding hydrogens is 345 g/mol. The van der Waals surface area contributed by atoms with Crippen LogP contribution in [0.4, 0.5) is 0 Å². The second-order valence-corrected chi connectivity index (χ2v) is 6.67. The summed E-state index contributed by atoms with van der Waals surface area (Å²) in [6.45, 7) is -0.140. The molecule has 6 N–H and O–H groups in total. The second-order valence-electron chi connectivity index (χ2n) is 5.43. The molecule has 11 nitrogen and oxygen atoms in total. The average molecular weight is 365 g/mol. The topological polar surface area (TPSA) is 177 Å².